The molecule has 426 valence electrons. The Morgan fingerprint density at radius 2 is 1.60 bits per heavy atom. The minimum absolute atomic E-state index is 0.0758. The van der Waals surface area contributed by atoms with E-state index in [1.165, 1.54) is 12.0 Å². The molecule has 4 rings (SSSR count). The number of carbonyl (C=O) groups excluding carboxylic acids is 5. The van der Waals surface area contributed by atoms with Crippen molar-refractivity contribution in [2.24, 2.45) is 41.4 Å². The van der Waals surface area contributed by atoms with Crippen LogP contribution < -0.4 is 0 Å². The smallest absolute Gasteiger partial charge is 0.329 e. The highest BCUT2D eigenvalue weighted by Gasteiger charge is 2.53. The summed E-state index contributed by atoms with van der Waals surface area (Å²) in [6.45, 7) is 20.6. The summed E-state index contributed by atoms with van der Waals surface area (Å²) in [6.07, 6.45) is 11.7. The van der Waals surface area contributed by atoms with Crippen LogP contribution in [-0.4, -0.2) is 158 Å². The number of piperidine rings is 1. The van der Waals surface area contributed by atoms with Gasteiger partial charge >= 0.3 is 5.97 Å². The molecule has 0 bridgehead atoms. The van der Waals surface area contributed by atoms with Gasteiger partial charge < -0.3 is 53.4 Å². The first-order valence-electron chi connectivity index (χ1n) is 28.0. The lowest BCUT2D eigenvalue weighted by Crippen LogP contribution is -2.61. The fourth-order valence-electron chi connectivity index (χ4n) is 11.4. The molecule has 3 N–H and O–H groups in total. The van der Waals surface area contributed by atoms with Crippen LogP contribution in [0.25, 0.3) is 0 Å². The van der Waals surface area contributed by atoms with E-state index in [9.17, 15) is 39.3 Å². The first-order valence-corrected chi connectivity index (χ1v) is 28.0. The number of rotatable bonds is 30. The van der Waals surface area contributed by atoms with E-state index < -0.39 is 71.8 Å². The second-order valence-electron chi connectivity index (χ2n) is 22.6. The van der Waals surface area contributed by atoms with Gasteiger partial charge in [0.05, 0.1) is 44.2 Å². The molecule has 0 aromatic rings. The van der Waals surface area contributed by atoms with E-state index in [1.54, 1.807) is 40.0 Å². The molecular weight excluding hydrogens is 963 g/mol. The maximum Gasteiger partial charge on any atom is 0.329 e. The van der Waals surface area contributed by atoms with E-state index in [1.807, 2.05) is 52.8 Å². The van der Waals surface area contributed by atoms with Crippen LogP contribution in [0.4, 0.5) is 0 Å². The van der Waals surface area contributed by atoms with E-state index in [2.05, 4.69) is 6.58 Å². The van der Waals surface area contributed by atoms with Crippen molar-refractivity contribution in [1.82, 2.24) is 4.90 Å². The summed E-state index contributed by atoms with van der Waals surface area (Å²) < 4.78 is 41.9. The highest BCUT2D eigenvalue weighted by Crippen LogP contribution is 2.38. The van der Waals surface area contributed by atoms with Gasteiger partial charge in [0.25, 0.3) is 11.7 Å². The second-order valence-corrected chi connectivity index (χ2v) is 22.6. The molecule has 2 unspecified atom stereocenters. The van der Waals surface area contributed by atoms with E-state index in [4.69, 9.17) is 33.2 Å². The second kappa shape index (κ2) is 31.8. The molecule has 0 aromatic heterocycles. The zero-order chi connectivity index (χ0) is 55.4. The van der Waals surface area contributed by atoms with Crippen molar-refractivity contribution in [3.8, 4) is 0 Å². The van der Waals surface area contributed by atoms with Gasteiger partial charge in [-0.05, 0) is 126 Å². The lowest BCUT2D eigenvalue weighted by atomic mass is 9.78. The number of amides is 1. The molecule has 3 saturated heterocycles. The number of hydrogen-bond donors (Lipinski definition) is 3. The molecular formula is C59H95NO15. The van der Waals surface area contributed by atoms with Crippen molar-refractivity contribution in [3.05, 3.63) is 48.1 Å². The topological polar surface area (TPSA) is 214 Å². The summed E-state index contributed by atoms with van der Waals surface area (Å²) in [5, 5.41) is 32.9. The van der Waals surface area contributed by atoms with Gasteiger partial charge in [-0.3, -0.25) is 19.2 Å². The number of aliphatic hydroxyl groups is 3. The normalized spacial score (nSPS) is 28.3. The van der Waals surface area contributed by atoms with Crippen LogP contribution in [0.3, 0.4) is 0 Å². The van der Waals surface area contributed by atoms with Crippen molar-refractivity contribution in [3.63, 3.8) is 0 Å². The molecule has 1 saturated carbocycles. The summed E-state index contributed by atoms with van der Waals surface area (Å²) in [6, 6.07) is -1.16. The van der Waals surface area contributed by atoms with Crippen molar-refractivity contribution < 1.29 is 72.5 Å². The van der Waals surface area contributed by atoms with Gasteiger partial charge in [-0.2, -0.15) is 0 Å². The molecule has 75 heavy (non-hydrogen) atoms. The lowest BCUT2D eigenvalue weighted by molar-refractivity contribution is -0.266. The monoisotopic (exact) mass is 1060 g/mol. The van der Waals surface area contributed by atoms with Crippen LogP contribution in [0.2, 0.25) is 0 Å². The van der Waals surface area contributed by atoms with Gasteiger partial charge in [0, 0.05) is 64.6 Å². The first kappa shape index (κ1) is 64.1. The third-order valence-corrected chi connectivity index (χ3v) is 16.2. The quantitative estimate of drug-likeness (QED) is 0.0273. The summed E-state index contributed by atoms with van der Waals surface area (Å²) in [4.78, 5) is 72.4. The zero-order valence-electron chi connectivity index (χ0n) is 47.1. The third kappa shape index (κ3) is 18.9. The van der Waals surface area contributed by atoms with E-state index in [0.717, 1.165) is 24.8 Å². The number of aliphatic hydroxyl groups excluding tert-OH is 2. The third-order valence-electron chi connectivity index (χ3n) is 16.2. The maximum atomic E-state index is 14.6. The highest BCUT2D eigenvalue weighted by atomic mass is 16.6. The van der Waals surface area contributed by atoms with Crippen molar-refractivity contribution in [2.45, 2.75) is 200 Å². The number of Topliss-reactive ketones (excluding diaryl/α,β-unsaturated/α-hetero) is 3. The number of methoxy groups -OCH3 is 2. The Balaban J connectivity index is 1.55. The predicted octanol–water partition coefficient (Wildman–Crippen LogP) is 7.63. The first-order chi connectivity index (χ1) is 35.7. The minimum Gasteiger partial charge on any atom is -0.460 e. The average molecular weight is 1060 g/mol. The number of allylic oxidation sites excluding steroid dienone is 5. The van der Waals surface area contributed by atoms with Gasteiger partial charge in [0.1, 0.15) is 30.1 Å². The van der Waals surface area contributed by atoms with E-state index in [-0.39, 0.29) is 80.0 Å². The number of nitrogens with zero attached hydrogens (tertiary/aromatic N) is 1. The average Bonchev–Trinajstić information content (AvgIpc) is 3.39. The number of hydrogen-bond acceptors (Lipinski definition) is 15. The fraction of sp³-hybridized carbons (Fsp3) is 0.780. The summed E-state index contributed by atoms with van der Waals surface area (Å²) in [5.41, 5.74) is 1.33. The fourth-order valence-corrected chi connectivity index (χ4v) is 11.4. The Morgan fingerprint density at radius 3 is 2.25 bits per heavy atom. The number of ether oxygens (including phenoxy) is 7. The van der Waals surface area contributed by atoms with Crippen LogP contribution in [0.1, 0.15) is 145 Å². The molecule has 0 radical (unpaired) electrons. The van der Waals surface area contributed by atoms with Crippen molar-refractivity contribution in [1.29, 1.82) is 0 Å². The Labute approximate surface area is 448 Å². The number of carbonyl (C=O) groups is 5. The number of esters is 1. The van der Waals surface area contributed by atoms with Gasteiger partial charge in [-0.15, -0.1) is 0 Å². The molecule has 1 aliphatic carbocycles. The van der Waals surface area contributed by atoms with Crippen LogP contribution in [0.5, 0.6) is 0 Å². The van der Waals surface area contributed by atoms with Crippen LogP contribution in [-0.2, 0) is 57.1 Å². The molecule has 0 spiro atoms. The molecule has 16 nitrogen and oxygen atoms in total. The lowest BCUT2D eigenvalue weighted by Gasteiger charge is -2.43. The Kier molecular flexibility index (Phi) is 27.2. The SMILES string of the molecule is C=C/C=C/C=C(\C)C(C[C@@H]1CC[C@@H](C)[C@](O)(C(=O)C(=O)N2CCCCC2C(=O)O[C@@H](CC(=O)[C@H](C)/C=C(\C)[C@@H](O)[C@@H](OC)C(=O)[C@H](C)CC(C)C)[C@H](C)C[C@@H]2CC[C@@H](OCCO)[C@H](OC)C2)O1)OCC1CCOCC1. The molecule has 4 aliphatic rings. The van der Waals surface area contributed by atoms with E-state index >= 15 is 0 Å². The molecule has 16 heteroatoms. The predicted molar refractivity (Wildman–Crippen MR) is 285 cm³/mol. The molecule has 1 amide bonds. The van der Waals surface area contributed by atoms with E-state index in [0.29, 0.717) is 89.1 Å². The van der Waals surface area contributed by atoms with Crippen LogP contribution >= 0.6 is 0 Å². The summed E-state index contributed by atoms with van der Waals surface area (Å²) >= 11 is 0. The number of likely N-dealkylation sites (tertiary alicyclic amines) is 1. The van der Waals surface area contributed by atoms with Crippen molar-refractivity contribution in [2.75, 3.05) is 53.8 Å². The molecule has 4 fully saturated rings. The largest absolute Gasteiger partial charge is 0.460 e. The standard InChI is InChI=1S/C59H95NO15/c1-12-13-14-17-38(4)50(73-36-44-23-27-71-28-24-44)34-46-21-19-43(9)59(68,75-46)56(65)57(66)60-25-16-15-18-47(60)58(67)74-51(40(6)32-45-20-22-49(72-29-26-61)52(33-45)69-10)35-48(62)39(5)31-42(8)54(64)55(70-11)53(63)41(7)30-37(2)3/h12-14,17,31,37,39-41,43-47,49-52,54-55,61,64,68H,1,15-16,18-30,32-36H2,2-11H3/b14-13+,38-17+,42-31+/t39-,40-,41-,43-,45+,46+,47?,49-,50?,51+,52-,54-,55+,59-/m1/s1. The van der Waals surface area contributed by atoms with Gasteiger partial charge in [0.15, 0.2) is 5.78 Å². The molecule has 14 atom stereocenters. The van der Waals surface area contributed by atoms with Crippen LogP contribution in [0, 0.1) is 41.4 Å². The minimum atomic E-state index is -2.46. The zero-order valence-corrected chi connectivity index (χ0v) is 47.1. The molecule has 3 heterocycles. The Bertz CT molecular complexity index is 1930. The molecule has 3 aliphatic heterocycles. The molecule has 0 aromatic carbocycles. The summed E-state index contributed by atoms with van der Waals surface area (Å²) in [7, 11) is 3.01. The van der Waals surface area contributed by atoms with Crippen LogP contribution in [0.15, 0.2) is 48.1 Å². The Hall–Kier alpha value is -3.45. The number of ketones is 3. The summed E-state index contributed by atoms with van der Waals surface area (Å²) in [5.74, 6) is -7.30. The maximum absolute atomic E-state index is 14.6. The highest BCUT2D eigenvalue weighted by molar-refractivity contribution is 6.39. The van der Waals surface area contributed by atoms with Gasteiger partial charge in [-0.25, -0.2) is 4.79 Å². The van der Waals surface area contributed by atoms with Gasteiger partial charge in [0.2, 0.25) is 5.79 Å². The van der Waals surface area contributed by atoms with Crippen molar-refractivity contribution >= 4 is 29.2 Å². The Morgan fingerprint density at radius 1 is 0.880 bits per heavy atom. The van der Waals surface area contributed by atoms with Gasteiger partial charge in [-0.1, -0.05) is 78.5 Å².